The number of methoxy groups -OCH3 is 2. The van der Waals surface area contributed by atoms with Crippen LogP contribution in [0.15, 0.2) is 103 Å². The van der Waals surface area contributed by atoms with Gasteiger partial charge in [0.1, 0.15) is 17.2 Å². The van der Waals surface area contributed by atoms with Gasteiger partial charge in [-0.15, -0.1) is 0 Å². The Labute approximate surface area is 310 Å². The number of fused-ring (bicyclic) bond motifs is 4. The van der Waals surface area contributed by atoms with Crippen molar-refractivity contribution in [3.05, 3.63) is 124 Å². The topological polar surface area (TPSA) is 131 Å². The summed E-state index contributed by atoms with van der Waals surface area (Å²) >= 11 is 6.40. The van der Waals surface area contributed by atoms with E-state index in [1.165, 1.54) is 37.0 Å². The number of ketones is 1. The Kier molecular flexibility index (Phi) is 8.25. The van der Waals surface area contributed by atoms with E-state index in [2.05, 4.69) is 0 Å². The van der Waals surface area contributed by atoms with Crippen LogP contribution in [0.1, 0.15) is 47.2 Å². The largest absolute Gasteiger partial charge is 0.507 e. The maximum absolute atomic E-state index is 15.5. The number of halogens is 1. The smallest absolute Gasteiger partial charge is 0.246 e. The number of rotatable bonds is 7. The first-order valence-corrected chi connectivity index (χ1v) is 17.7. The van der Waals surface area contributed by atoms with E-state index < -0.39 is 52.7 Å². The van der Waals surface area contributed by atoms with Crippen molar-refractivity contribution in [2.45, 2.75) is 31.1 Å². The van der Waals surface area contributed by atoms with Gasteiger partial charge in [-0.2, -0.15) is 0 Å². The second kappa shape index (κ2) is 12.7. The molecule has 2 heterocycles. The van der Waals surface area contributed by atoms with Crippen molar-refractivity contribution in [1.29, 1.82) is 0 Å². The van der Waals surface area contributed by atoms with Crippen LogP contribution >= 0.6 is 11.6 Å². The molecule has 11 heteroatoms. The summed E-state index contributed by atoms with van der Waals surface area (Å²) in [6.45, 7) is 1.44. The normalized spacial score (nSPS) is 26.2. The standard InChI is InChI=1S/C42H35ClN2O8/c1-22(46)23-12-14-26(15-13-23)44-38(48)30-17-16-29-31(35(30)40(44)50)21-32-39(49)45(27-11-7-10-25(43)18-27)41(51)42(32,24-8-5-4-6-9-24)37(29)36-33(47)19-28(52-2)20-34(36)53-3/h4-16,18-20,30-32,35,37,47H,17,21H2,1-3H3. The molecule has 0 spiro atoms. The number of nitrogens with zero attached hydrogens (tertiary/aromatic N) is 2. The molecule has 8 rings (SSSR count). The molecule has 1 saturated carbocycles. The quantitative estimate of drug-likeness (QED) is 0.127. The molecule has 2 aliphatic heterocycles. The molecule has 6 atom stereocenters. The molecular formula is C42H35ClN2O8. The third-order valence-electron chi connectivity index (χ3n) is 11.5. The van der Waals surface area contributed by atoms with E-state index >= 15 is 4.79 Å². The van der Waals surface area contributed by atoms with Gasteiger partial charge in [-0.3, -0.25) is 28.9 Å². The van der Waals surface area contributed by atoms with Gasteiger partial charge in [0.2, 0.25) is 23.6 Å². The Hall–Kier alpha value is -5.74. The van der Waals surface area contributed by atoms with Gasteiger partial charge in [0.05, 0.1) is 48.8 Å². The summed E-state index contributed by atoms with van der Waals surface area (Å²) in [6.07, 6.45) is 2.18. The zero-order valence-corrected chi connectivity index (χ0v) is 29.9. The summed E-state index contributed by atoms with van der Waals surface area (Å²) in [5.41, 5.74) is 0.960. The highest BCUT2D eigenvalue weighted by atomic mass is 35.5. The lowest BCUT2D eigenvalue weighted by Crippen LogP contribution is -2.53. The lowest BCUT2D eigenvalue weighted by Gasteiger charge is -2.51. The number of phenolic OH excluding ortho intramolecular Hbond substituents is 1. The average molecular weight is 731 g/mol. The molecule has 4 aliphatic rings. The third-order valence-corrected chi connectivity index (χ3v) is 11.8. The lowest BCUT2D eigenvalue weighted by atomic mass is 9.49. The molecule has 0 bridgehead atoms. The van der Waals surface area contributed by atoms with E-state index in [4.69, 9.17) is 21.1 Å². The molecule has 0 radical (unpaired) electrons. The summed E-state index contributed by atoms with van der Waals surface area (Å²) in [5, 5.41) is 12.2. The van der Waals surface area contributed by atoms with E-state index in [1.807, 2.05) is 24.3 Å². The fourth-order valence-corrected chi connectivity index (χ4v) is 9.51. The van der Waals surface area contributed by atoms with Crippen molar-refractivity contribution in [2.75, 3.05) is 24.0 Å². The molecule has 4 amide bonds. The van der Waals surface area contributed by atoms with Crippen molar-refractivity contribution < 1.29 is 38.6 Å². The Balaban J connectivity index is 1.36. The molecule has 4 aromatic rings. The Morgan fingerprint density at radius 1 is 0.811 bits per heavy atom. The van der Waals surface area contributed by atoms with Gasteiger partial charge in [-0.1, -0.05) is 59.6 Å². The maximum atomic E-state index is 15.5. The van der Waals surface area contributed by atoms with Crippen molar-refractivity contribution in [3.63, 3.8) is 0 Å². The minimum Gasteiger partial charge on any atom is -0.507 e. The fourth-order valence-electron chi connectivity index (χ4n) is 9.32. The van der Waals surface area contributed by atoms with Crippen LogP contribution in [0.3, 0.4) is 0 Å². The van der Waals surface area contributed by atoms with Crippen LogP contribution in [0, 0.1) is 23.7 Å². The van der Waals surface area contributed by atoms with Gasteiger partial charge in [0.15, 0.2) is 5.78 Å². The number of anilines is 2. The van der Waals surface area contributed by atoms with Crippen LogP contribution in [0.2, 0.25) is 5.02 Å². The number of benzene rings is 4. The zero-order chi connectivity index (χ0) is 37.3. The minimum atomic E-state index is -1.61. The summed E-state index contributed by atoms with van der Waals surface area (Å²) in [5.74, 6) is -5.89. The first-order valence-electron chi connectivity index (χ1n) is 17.4. The van der Waals surface area contributed by atoms with Crippen molar-refractivity contribution in [3.8, 4) is 17.2 Å². The van der Waals surface area contributed by atoms with Gasteiger partial charge < -0.3 is 14.6 Å². The average Bonchev–Trinajstić information content (AvgIpc) is 3.55. The maximum Gasteiger partial charge on any atom is 0.246 e. The van der Waals surface area contributed by atoms with E-state index in [0.717, 1.165) is 0 Å². The zero-order valence-electron chi connectivity index (χ0n) is 29.1. The number of aromatic hydroxyl groups is 1. The Bertz CT molecular complexity index is 2250. The highest BCUT2D eigenvalue weighted by Gasteiger charge is 2.71. The third kappa shape index (κ3) is 4.95. The second-order valence-corrected chi connectivity index (χ2v) is 14.4. The molecule has 53 heavy (non-hydrogen) atoms. The van der Waals surface area contributed by atoms with Gasteiger partial charge in [0, 0.05) is 34.2 Å². The number of Topliss-reactive ketones (excluding diaryl/α,β-unsaturated/α-hetero) is 1. The van der Waals surface area contributed by atoms with Crippen LogP contribution in [-0.4, -0.2) is 48.7 Å². The van der Waals surface area contributed by atoms with Crippen molar-refractivity contribution in [2.24, 2.45) is 23.7 Å². The van der Waals surface area contributed by atoms with E-state index in [-0.39, 0.29) is 41.6 Å². The van der Waals surface area contributed by atoms with Crippen LogP contribution in [-0.2, 0) is 24.6 Å². The summed E-state index contributed by atoms with van der Waals surface area (Å²) in [6, 6.07) is 25.0. The molecule has 6 unspecified atom stereocenters. The Morgan fingerprint density at radius 3 is 2.21 bits per heavy atom. The SMILES string of the molecule is COc1cc(O)c(C2C3=CCC4C(=O)N(c5ccc(C(C)=O)cc5)C(=O)C4C3CC3C(=O)N(c4cccc(Cl)c4)C(=O)C32c2ccccc2)c(OC)c1. The molecule has 3 fully saturated rings. The summed E-state index contributed by atoms with van der Waals surface area (Å²) < 4.78 is 11.4. The van der Waals surface area contributed by atoms with Crippen molar-refractivity contribution >= 4 is 52.4 Å². The fraction of sp³-hybridized carbons (Fsp3) is 0.262. The number of phenols is 1. The number of hydrogen-bond donors (Lipinski definition) is 1. The minimum absolute atomic E-state index is 0.0788. The number of carbonyl (C=O) groups excluding carboxylic acids is 5. The lowest BCUT2D eigenvalue weighted by molar-refractivity contribution is -0.127. The molecule has 268 valence electrons. The predicted octanol–water partition coefficient (Wildman–Crippen LogP) is 6.63. The molecule has 2 aliphatic carbocycles. The van der Waals surface area contributed by atoms with Crippen molar-refractivity contribution in [1.82, 2.24) is 0 Å². The van der Waals surface area contributed by atoms with Crippen LogP contribution in [0.25, 0.3) is 0 Å². The number of carbonyl (C=O) groups is 5. The van der Waals surface area contributed by atoms with E-state index in [9.17, 15) is 24.3 Å². The molecule has 2 saturated heterocycles. The Morgan fingerprint density at radius 2 is 1.55 bits per heavy atom. The van der Waals surface area contributed by atoms with Gasteiger partial charge in [0.25, 0.3) is 0 Å². The van der Waals surface area contributed by atoms with Crippen LogP contribution in [0.4, 0.5) is 11.4 Å². The molecule has 0 aromatic heterocycles. The highest BCUT2D eigenvalue weighted by molar-refractivity contribution is 6.32. The summed E-state index contributed by atoms with van der Waals surface area (Å²) in [7, 11) is 2.91. The van der Waals surface area contributed by atoms with Crippen LogP contribution < -0.4 is 19.3 Å². The molecular weight excluding hydrogens is 696 g/mol. The highest BCUT2D eigenvalue weighted by Crippen LogP contribution is 2.66. The van der Waals surface area contributed by atoms with Gasteiger partial charge in [-0.05, 0) is 73.7 Å². The van der Waals surface area contributed by atoms with Gasteiger partial charge in [-0.25, -0.2) is 4.90 Å². The first kappa shape index (κ1) is 34.4. The predicted molar refractivity (Wildman–Crippen MR) is 196 cm³/mol. The van der Waals surface area contributed by atoms with Crippen LogP contribution in [0.5, 0.6) is 17.2 Å². The number of amides is 4. The number of hydrogen-bond acceptors (Lipinski definition) is 8. The second-order valence-electron chi connectivity index (χ2n) is 14.0. The number of ether oxygens (including phenoxy) is 2. The monoisotopic (exact) mass is 730 g/mol. The number of imide groups is 2. The first-order chi connectivity index (χ1) is 25.5. The van der Waals surface area contributed by atoms with E-state index in [1.54, 1.807) is 66.7 Å². The number of allylic oxidation sites excluding steroid dienone is 2. The summed E-state index contributed by atoms with van der Waals surface area (Å²) in [4.78, 5) is 73.5. The van der Waals surface area contributed by atoms with Gasteiger partial charge >= 0.3 is 0 Å². The molecule has 1 N–H and O–H groups in total. The van der Waals surface area contributed by atoms with E-state index in [0.29, 0.717) is 38.8 Å². The molecule has 4 aromatic carbocycles. The molecule has 10 nitrogen and oxygen atoms in total.